The molecule has 0 unspecified atom stereocenters. The number of rotatable bonds is 7. The Morgan fingerprint density at radius 3 is 2.17 bits per heavy atom. The third-order valence-corrected chi connectivity index (χ3v) is 5.83. The predicted molar refractivity (Wildman–Crippen MR) is 106 cm³/mol. The number of urea groups is 1. The molecule has 0 saturated heterocycles. The second-order valence-electron chi connectivity index (χ2n) is 5.93. The number of hydrogen-bond donors (Lipinski definition) is 2. The highest BCUT2D eigenvalue weighted by Crippen LogP contribution is 2.23. The summed E-state index contributed by atoms with van der Waals surface area (Å²) in [5, 5.41) is 1.80. The van der Waals surface area contributed by atoms with Crippen molar-refractivity contribution >= 4 is 33.6 Å². The van der Waals surface area contributed by atoms with Crippen LogP contribution in [0.2, 0.25) is 0 Å². The molecule has 29 heavy (non-hydrogen) atoms. The number of benzene rings is 2. The summed E-state index contributed by atoms with van der Waals surface area (Å²) in [4.78, 5) is 34.4. The van der Waals surface area contributed by atoms with E-state index in [-0.39, 0.29) is 17.0 Å². The summed E-state index contributed by atoms with van der Waals surface area (Å²) < 4.78 is 32.0. The van der Waals surface area contributed by atoms with E-state index in [1.54, 1.807) is 42.6 Å². The van der Waals surface area contributed by atoms with Crippen molar-refractivity contribution in [2.75, 3.05) is 10.8 Å². The molecule has 10 heteroatoms. The van der Waals surface area contributed by atoms with Crippen LogP contribution in [-0.2, 0) is 19.6 Å². The fourth-order valence-electron chi connectivity index (χ4n) is 2.48. The van der Waals surface area contributed by atoms with Gasteiger partial charge in [-0.05, 0) is 50.2 Å². The van der Waals surface area contributed by atoms with Crippen molar-refractivity contribution < 1.29 is 27.5 Å². The molecule has 0 aliphatic rings. The molecule has 0 radical (unpaired) electrons. The van der Waals surface area contributed by atoms with Crippen LogP contribution < -0.4 is 15.4 Å². The number of esters is 1. The van der Waals surface area contributed by atoms with E-state index in [1.807, 2.05) is 0 Å². The molecule has 1 atom stereocenters. The fourth-order valence-corrected chi connectivity index (χ4v) is 3.95. The lowest BCUT2D eigenvalue weighted by Gasteiger charge is -2.23. The van der Waals surface area contributed by atoms with Crippen LogP contribution in [0.1, 0.15) is 24.2 Å². The van der Waals surface area contributed by atoms with Gasteiger partial charge in [0.1, 0.15) is 0 Å². The average molecular weight is 419 g/mol. The SMILES string of the molecule is CCN(c1ccccc1)S(=O)(=O)c1ccc(C(=O)O[C@@H](C)C(=O)NC(N)=O)cc1. The first-order valence-corrected chi connectivity index (χ1v) is 10.1. The number of nitrogens with two attached hydrogens (primary N) is 1. The number of amides is 3. The maximum atomic E-state index is 12.9. The number of sulfonamides is 1. The molecule has 0 bridgehead atoms. The van der Waals surface area contributed by atoms with E-state index in [9.17, 15) is 22.8 Å². The lowest BCUT2D eigenvalue weighted by atomic mass is 10.2. The summed E-state index contributed by atoms with van der Waals surface area (Å²) in [5.41, 5.74) is 5.40. The average Bonchev–Trinajstić information content (AvgIpc) is 2.68. The van der Waals surface area contributed by atoms with Crippen molar-refractivity contribution in [2.45, 2.75) is 24.8 Å². The summed E-state index contributed by atoms with van der Waals surface area (Å²) in [6, 6.07) is 12.7. The van der Waals surface area contributed by atoms with Gasteiger partial charge in [0.05, 0.1) is 16.1 Å². The van der Waals surface area contributed by atoms with Crippen LogP contribution in [0.4, 0.5) is 10.5 Å². The summed E-state index contributed by atoms with van der Waals surface area (Å²) in [7, 11) is -3.83. The molecule has 0 saturated carbocycles. The molecule has 0 spiro atoms. The number of ether oxygens (including phenoxy) is 1. The monoisotopic (exact) mass is 419 g/mol. The molecule has 0 heterocycles. The topological polar surface area (TPSA) is 136 Å². The van der Waals surface area contributed by atoms with Gasteiger partial charge >= 0.3 is 12.0 Å². The van der Waals surface area contributed by atoms with Crippen molar-refractivity contribution in [1.82, 2.24) is 5.32 Å². The standard InChI is InChI=1S/C19H21N3O6S/c1-3-22(15-7-5-4-6-8-15)29(26,27)16-11-9-14(10-12-16)18(24)28-13(2)17(23)21-19(20)25/h4-13H,3H2,1-2H3,(H3,20,21,23,25)/t13-/m0/s1. The molecular weight excluding hydrogens is 398 g/mol. The number of anilines is 1. The van der Waals surface area contributed by atoms with Crippen molar-refractivity contribution in [2.24, 2.45) is 5.73 Å². The zero-order chi connectivity index (χ0) is 21.6. The Morgan fingerprint density at radius 1 is 1.07 bits per heavy atom. The van der Waals surface area contributed by atoms with Gasteiger partial charge in [-0.25, -0.2) is 18.0 Å². The molecule has 2 aromatic carbocycles. The quantitative estimate of drug-likeness (QED) is 0.655. The van der Waals surface area contributed by atoms with Gasteiger partial charge in [0.2, 0.25) is 0 Å². The zero-order valence-electron chi connectivity index (χ0n) is 15.9. The van der Waals surface area contributed by atoms with Crippen LogP contribution in [0.3, 0.4) is 0 Å². The Balaban J connectivity index is 2.17. The minimum Gasteiger partial charge on any atom is -0.449 e. The Labute approximate surface area is 168 Å². The fraction of sp³-hybridized carbons (Fsp3) is 0.211. The minimum atomic E-state index is -3.83. The van der Waals surface area contributed by atoms with Crippen LogP contribution in [0.25, 0.3) is 0 Å². The molecule has 2 rings (SSSR count). The lowest BCUT2D eigenvalue weighted by Crippen LogP contribution is -2.42. The summed E-state index contributed by atoms with van der Waals surface area (Å²) >= 11 is 0. The van der Waals surface area contributed by atoms with Gasteiger partial charge in [-0.2, -0.15) is 0 Å². The lowest BCUT2D eigenvalue weighted by molar-refractivity contribution is -0.127. The molecule has 2 aromatic rings. The first-order chi connectivity index (χ1) is 13.7. The third-order valence-electron chi connectivity index (χ3n) is 3.91. The molecule has 154 valence electrons. The minimum absolute atomic E-state index is 0.000673. The van der Waals surface area contributed by atoms with E-state index in [0.717, 1.165) is 0 Å². The van der Waals surface area contributed by atoms with Crippen LogP contribution in [0.5, 0.6) is 0 Å². The van der Waals surface area contributed by atoms with Crippen molar-refractivity contribution in [1.29, 1.82) is 0 Å². The van der Waals surface area contributed by atoms with Crippen molar-refractivity contribution in [3.63, 3.8) is 0 Å². The number of carbonyl (C=O) groups excluding carboxylic acids is 3. The molecular formula is C19H21N3O6S. The van der Waals surface area contributed by atoms with Gasteiger partial charge in [-0.1, -0.05) is 18.2 Å². The normalized spacial score (nSPS) is 11.9. The first kappa shape index (κ1) is 21.9. The van der Waals surface area contributed by atoms with Crippen LogP contribution in [0, 0.1) is 0 Å². The molecule has 9 nitrogen and oxygen atoms in total. The second-order valence-corrected chi connectivity index (χ2v) is 7.79. The van der Waals surface area contributed by atoms with E-state index < -0.39 is 34.0 Å². The summed E-state index contributed by atoms with van der Waals surface area (Å²) in [6.07, 6.45) is -1.26. The van der Waals surface area contributed by atoms with E-state index in [2.05, 4.69) is 0 Å². The highest BCUT2D eigenvalue weighted by atomic mass is 32.2. The number of imide groups is 1. The van der Waals surface area contributed by atoms with Gasteiger partial charge in [-0.15, -0.1) is 0 Å². The Morgan fingerprint density at radius 2 is 1.66 bits per heavy atom. The van der Waals surface area contributed by atoms with Gasteiger partial charge < -0.3 is 10.5 Å². The van der Waals surface area contributed by atoms with Crippen molar-refractivity contribution in [3.05, 3.63) is 60.2 Å². The molecule has 0 fully saturated rings. The highest BCUT2D eigenvalue weighted by molar-refractivity contribution is 7.92. The number of primary amides is 1. The van der Waals surface area contributed by atoms with E-state index >= 15 is 0 Å². The van der Waals surface area contributed by atoms with Gasteiger partial charge in [0.15, 0.2) is 6.10 Å². The summed E-state index contributed by atoms with van der Waals surface area (Å²) in [5.74, 6) is -1.72. The van der Waals surface area contributed by atoms with Gasteiger partial charge in [0, 0.05) is 6.54 Å². The number of carbonyl (C=O) groups is 3. The smallest absolute Gasteiger partial charge is 0.338 e. The predicted octanol–water partition coefficient (Wildman–Crippen LogP) is 1.64. The number of nitrogens with zero attached hydrogens (tertiary/aromatic N) is 1. The van der Waals surface area contributed by atoms with Crippen molar-refractivity contribution in [3.8, 4) is 0 Å². The first-order valence-electron chi connectivity index (χ1n) is 8.66. The molecule has 0 aliphatic heterocycles. The van der Waals surface area contributed by atoms with Crippen LogP contribution >= 0.6 is 0 Å². The van der Waals surface area contributed by atoms with Crippen LogP contribution in [-0.4, -0.2) is 39.0 Å². The number of nitrogens with one attached hydrogen (secondary N) is 1. The maximum absolute atomic E-state index is 12.9. The Bertz CT molecular complexity index is 990. The zero-order valence-corrected chi connectivity index (χ0v) is 16.7. The number of para-hydroxylation sites is 1. The maximum Gasteiger partial charge on any atom is 0.338 e. The highest BCUT2D eigenvalue weighted by Gasteiger charge is 2.24. The van der Waals surface area contributed by atoms with Gasteiger partial charge in [-0.3, -0.25) is 14.4 Å². The third kappa shape index (κ3) is 5.32. The Kier molecular flexibility index (Phi) is 6.94. The second kappa shape index (κ2) is 9.20. The van der Waals surface area contributed by atoms with E-state index in [4.69, 9.17) is 10.5 Å². The molecule has 3 N–H and O–H groups in total. The Hall–Kier alpha value is -3.40. The molecule has 3 amide bonds. The number of hydrogen-bond acceptors (Lipinski definition) is 6. The van der Waals surface area contributed by atoms with Crippen LogP contribution in [0.15, 0.2) is 59.5 Å². The van der Waals surface area contributed by atoms with E-state index in [1.165, 1.54) is 35.5 Å². The molecule has 0 aliphatic carbocycles. The summed E-state index contributed by atoms with van der Waals surface area (Å²) in [6.45, 7) is 3.21. The van der Waals surface area contributed by atoms with E-state index in [0.29, 0.717) is 5.69 Å². The van der Waals surface area contributed by atoms with Gasteiger partial charge in [0.25, 0.3) is 15.9 Å². The largest absolute Gasteiger partial charge is 0.449 e. The molecule has 0 aromatic heterocycles.